The Morgan fingerprint density at radius 1 is 1.00 bits per heavy atom. The number of phenolic OH excluding ortho intramolecular Hbond substituents is 1. The lowest BCUT2D eigenvalue weighted by Gasteiger charge is -2.09. The van der Waals surface area contributed by atoms with Gasteiger partial charge >= 0.3 is 0 Å². The fourth-order valence-electron chi connectivity index (χ4n) is 3.52. The van der Waals surface area contributed by atoms with E-state index in [1.807, 2.05) is 36.4 Å². The van der Waals surface area contributed by atoms with Crippen LogP contribution in [0, 0.1) is 11.6 Å². The van der Waals surface area contributed by atoms with Crippen molar-refractivity contribution in [2.75, 3.05) is 6.61 Å². The molecule has 3 aromatic rings. The molecule has 1 heterocycles. The van der Waals surface area contributed by atoms with E-state index < -0.39 is 11.6 Å². The summed E-state index contributed by atoms with van der Waals surface area (Å²) in [6.45, 7) is 2.31. The van der Waals surface area contributed by atoms with E-state index in [1.54, 1.807) is 6.07 Å². The minimum absolute atomic E-state index is 0.00239. The van der Waals surface area contributed by atoms with Crippen LogP contribution in [0.2, 0.25) is 0 Å². The molecule has 3 nitrogen and oxygen atoms in total. The van der Waals surface area contributed by atoms with Crippen LogP contribution in [0.5, 0.6) is 5.75 Å². The van der Waals surface area contributed by atoms with Crippen LogP contribution >= 0.6 is 0 Å². The largest absolute Gasteiger partial charge is 0.508 e. The predicted molar refractivity (Wildman–Crippen MR) is 109 cm³/mol. The van der Waals surface area contributed by atoms with Crippen molar-refractivity contribution in [2.45, 2.75) is 25.8 Å². The number of aryl methyl sites for hydroxylation is 1. The highest BCUT2D eigenvalue weighted by Gasteiger charge is 2.26. The van der Waals surface area contributed by atoms with Crippen LogP contribution < -0.4 is 0 Å². The van der Waals surface area contributed by atoms with Gasteiger partial charge in [-0.05, 0) is 52.9 Å². The van der Waals surface area contributed by atoms with E-state index in [-0.39, 0.29) is 24.1 Å². The molecule has 0 spiro atoms. The Kier molecular flexibility index (Phi) is 5.30. The first-order chi connectivity index (χ1) is 14.1. The number of aliphatic imine (C=N–C) groups is 1. The molecular formula is C24H21F2NO2. The first kappa shape index (κ1) is 19.1. The van der Waals surface area contributed by atoms with Gasteiger partial charge in [-0.1, -0.05) is 49.7 Å². The maximum absolute atomic E-state index is 14.0. The predicted octanol–water partition coefficient (Wildman–Crippen LogP) is 5.81. The molecule has 4 rings (SSSR count). The first-order valence-electron chi connectivity index (χ1n) is 9.64. The van der Waals surface area contributed by atoms with Crippen molar-refractivity contribution in [3.05, 3.63) is 89.0 Å². The van der Waals surface area contributed by atoms with Gasteiger partial charge in [0, 0.05) is 0 Å². The van der Waals surface area contributed by atoms with Gasteiger partial charge < -0.3 is 9.84 Å². The highest BCUT2D eigenvalue weighted by atomic mass is 19.1. The molecular weight excluding hydrogens is 372 g/mol. The molecule has 1 aliphatic rings. The molecule has 1 atom stereocenters. The van der Waals surface area contributed by atoms with Crippen molar-refractivity contribution < 1.29 is 18.6 Å². The molecule has 0 saturated heterocycles. The SMILES string of the molecule is CCCc1cc(-c2ccc(C3COC(c4c(F)cccc4F)=N3)cc2)ccc1O. The number of hydrogen-bond donors (Lipinski definition) is 1. The van der Waals surface area contributed by atoms with Gasteiger partial charge in [-0.2, -0.15) is 0 Å². The molecule has 1 unspecified atom stereocenters. The third kappa shape index (κ3) is 3.86. The molecule has 5 heteroatoms. The van der Waals surface area contributed by atoms with Gasteiger partial charge in [0.05, 0.1) is 0 Å². The first-order valence-corrected chi connectivity index (χ1v) is 9.64. The van der Waals surface area contributed by atoms with E-state index in [0.29, 0.717) is 5.75 Å². The summed E-state index contributed by atoms with van der Waals surface area (Å²) in [7, 11) is 0. The third-order valence-electron chi connectivity index (χ3n) is 5.06. The Morgan fingerprint density at radius 3 is 2.38 bits per heavy atom. The van der Waals surface area contributed by atoms with Crippen LogP contribution in [0.1, 0.15) is 36.1 Å². The van der Waals surface area contributed by atoms with E-state index >= 15 is 0 Å². The summed E-state index contributed by atoms with van der Waals surface area (Å²) < 4.78 is 33.4. The van der Waals surface area contributed by atoms with E-state index in [4.69, 9.17) is 4.74 Å². The minimum atomic E-state index is -0.685. The summed E-state index contributed by atoms with van der Waals surface area (Å²) in [5.74, 6) is -1.06. The van der Waals surface area contributed by atoms with Gasteiger partial charge in [-0.15, -0.1) is 0 Å². The zero-order valence-corrected chi connectivity index (χ0v) is 16.0. The van der Waals surface area contributed by atoms with Crippen molar-refractivity contribution in [3.63, 3.8) is 0 Å². The van der Waals surface area contributed by atoms with E-state index in [1.165, 1.54) is 18.2 Å². The molecule has 0 aliphatic carbocycles. The number of aromatic hydroxyl groups is 1. The quantitative estimate of drug-likeness (QED) is 0.594. The lowest BCUT2D eigenvalue weighted by molar-refractivity contribution is 0.317. The Bertz CT molecular complexity index is 1040. The topological polar surface area (TPSA) is 41.8 Å². The number of rotatable bonds is 5. The summed E-state index contributed by atoms with van der Waals surface area (Å²) in [4.78, 5) is 4.38. The Balaban J connectivity index is 1.58. The number of benzene rings is 3. The number of phenols is 1. The smallest absolute Gasteiger partial charge is 0.222 e. The van der Waals surface area contributed by atoms with Crippen molar-refractivity contribution in [3.8, 4) is 16.9 Å². The maximum Gasteiger partial charge on any atom is 0.222 e. The van der Waals surface area contributed by atoms with Gasteiger partial charge in [0.25, 0.3) is 0 Å². The normalized spacial score (nSPS) is 15.8. The molecule has 0 radical (unpaired) electrons. The van der Waals surface area contributed by atoms with Crippen molar-refractivity contribution in [1.82, 2.24) is 0 Å². The van der Waals surface area contributed by atoms with E-state index in [0.717, 1.165) is 35.1 Å². The van der Waals surface area contributed by atoms with Gasteiger partial charge in [0.1, 0.15) is 35.6 Å². The molecule has 29 heavy (non-hydrogen) atoms. The van der Waals surface area contributed by atoms with E-state index in [2.05, 4.69) is 11.9 Å². The summed E-state index contributed by atoms with van der Waals surface area (Å²) in [5, 5.41) is 9.98. The molecule has 3 aromatic carbocycles. The second-order valence-corrected chi connectivity index (χ2v) is 7.07. The number of ether oxygens (including phenoxy) is 1. The number of halogens is 2. The zero-order chi connectivity index (χ0) is 20.4. The van der Waals surface area contributed by atoms with Crippen LogP contribution in [-0.2, 0) is 11.2 Å². The molecule has 1 aliphatic heterocycles. The molecule has 148 valence electrons. The Hall–Kier alpha value is -3.21. The minimum Gasteiger partial charge on any atom is -0.508 e. The molecule has 0 saturated carbocycles. The average Bonchev–Trinajstić information content (AvgIpc) is 3.19. The lowest BCUT2D eigenvalue weighted by Crippen LogP contribution is -2.07. The van der Waals surface area contributed by atoms with Crippen molar-refractivity contribution in [1.29, 1.82) is 0 Å². The number of nitrogens with zero attached hydrogens (tertiary/aromatic N) is 1. The summed E-state index contributed by atoms with van der Waals surface area (Å²) in [5.41, 5.74) is 3.67. The summed E-state index contributed by atoms with van der Waals surface area (Å²) >= 11 is 0. The highest BCUT2D eigenvalue weighted by Crippen LogP contribution is 2.31. The standard InChI is InChI=1S/C24H21F2NO2/c1-2-4-18-13-17(11-12-22(18)28)15-7-9-16(10-8-15)21-14-29-24(27-21)23-19(25)5-3-6-20(23)26/h3,5-13,21,28H,2,4,14H2,1H3. The fourth-order valence-corrected chi connectivity index (χ4v) is 3.52. The van der Waals surface area contributed by atoms with Crippen molar-refractivity contribution in [2.24, 2.45) is 4.99 Å². The fraction of sp³-hybridized carbons (Fsp3) is 0.208. The van der Waals surface area contributed by atoms with Gasteiger partial charge in [-0.25, -0.2) is 13.8 Å². The summed E-state index contributed by atoms with van der Waals surface area (Å²) in [6.07, 6.45) is 1.78. The van der Waals surface area contributed by atoms with Crippen LogP contribution in [0.3, 0.4) is 0 Å². The molecule has 0 bridgehead atoms. The second-order valence-electron chi connectivity index (χ2n) is 7.07. The lowest BCUT2D eigenvalue weighted by atomic mass is 9.98. The van der Waals surface area contributed by atoms with Gasteiger partial charge in [0.2, 0.25) is 5.90 Å². The second kappa shape index (κ2) is 8.03. The molecule has 0 aromatic heterocycles. The molecule has 0 amide bonds. The number of hydrogen-bond acceptors (Lipinski definition) is 3. The summed E-state index contributed by atoms with van der Waals surface area (Å²) in [6, 6.07) is 16.8. The Labute approximate surface area is 168 Å². The van der Waals surface area contributed by atoms with Crippen LogP contribution in [0.4, 0.5) is 8.78 Å². The average molecular weight is 393 g/mol. The Morgan fingerprint density at radius 2 is 1.69 bits per heavy atom. The van der Waals surface area contributed by atoms with Crippen LogP contribution in [0.15, 0.2) is 65.7 Å². The molecule has 0 fully saturated rings. The monoisotopic (exact) mass is 393 g/mol. The van der Waals surface area contributed by atoms with Gasteiger partial charge in [0.15, 0.2) is 0 Å². The zero-order valence-electron chi connectivity index (χ0n) is 16.0. The van der Waals surface area contributed by atoms with Gasteiger partial charge in [-0.3, -0.25) is 0 Å². The third-order valence-corrected chi connectivity index (χ3v) is 5.06. The van der Waals surface area contributed by atoms with Crippen LogP contribution in [0.25, 0.3) is 11.1 Å². The molecule has 1 N–H and O–H groups in total. The van der Waals surface area contributed by atoms with Crippen molar-refractivity contribution >= 4 is 5.90 Å². The van der Waals surface area contributed by atoms with Crippen LogP contribution in [-0.4, -0.2) is 17.6 Å². The highest BCUT2D eigenvalue weighted by molar-refractivity contribution is 5.95. The maximum atomic E-state index is 14.0. The van der Waals surface area contributed by atoms with E-state index in [9.17, 15) is 13.9 Å².